The van der Waals surface area contributed by atoms with Crippen LogP contribution in [0.5, 0.6) is 0 Å². The zero-order valence-electron chi connectivity index (χ0n) is 16.2. The number of carbonyl (C=O) groups is 1. The van der Waals surface area contributed by atoms with E-state index in [1.807, 2.05) is 43.3 Å². The van der Waals surface area contributed by atoms with Gasteiger partial charge in [-0.25, -0.2) is 4.68 Å². The Balaban J connectivity index is 1.95. The molecule has 0 unspecified atom stereocenters. The number of aryl methyl sites for hydroxylation is 3. The molecule has 1 N–H and O–H groups in total. The summed E-state index contributed by atoms with van der Waals surface area (Å²) in [6, 6.07) is 13.3. The van der Waals surface area contributed by atoms with Crippen LogP contribution in [0.4, 0.5) is 10.1 Å². The molecule has 0 radical (unpaired) electrons. The van der Waals surface area contributed by atoms with Crippen molar-refractivity contribution in [3.8, 4) is 11.1 Å². The summed E-state index contributed by atoms with van der Waals surface area (Å²) in [7, 11) is 2.95. The number of hydrogen-bond acceptors (Lipinski definition) is 4. The minimum atomic E-state index is -0.662. The first-order valence-electron chi connectivity index (χ1n) is 8.69. The fourth-order valence-electron chi connectivity index (χ4n) is 3.01. The molecule has 144 valence electrons. The van der Waals surface area contributed by atoms with E-state index in [1.165, 1.54) is 14.2 Å². The lowest BCUT2D eigenvalue weighted by atomic mass is 9.99. The number of nitrogens with one attached hydrogen (secondary N) is 1. The first-order chi connectivity index (χ1) is 13.4. The molecule has 1 amide bonds. The lowest BCUT2D eigenvalue weighted by molar-refractivity contribution is 0.102. The number of anilines is 1. The number of aromatic nitrogens is 2. The van der Waals surface area contributed by atoms with Crippen LogP contribution in [0.3, 0.4) is 0 Å². The van der Waals surface area contributed by atoms with Crippen molar-refractivity contribution in [3.63, 3.8) is 0 Å². The molecular formula is C21H21FN4O2. The predicted molar refractivity (Wildman–Crippen MR) is 107 cm³/mol. The van der Waals surface area contributed by atoms with E-state index in [0.29, 0.717) is 11.4 Å². The first-order valence-corrected chi connectivity index (χ1v) is 8.69. The van der Waals surface area contributed by atoms with E-state index in [0.717, 1.165) is 26.9 Å². The van der Waals surface area contributed by atoms with Gasteiger partial charge in [0, 0.05) is 18.3 Å². The SMILES string of the molecule is CON=Cc1ccc(-c2ccccc2NC(=O)c2c(C)nn(C)c2F)cc1C. The largest absolute Gasteiger partial charge is 0.399 e. The number of hydrogen-bond donors (Lipinski definition) is 1. The maximum Gasteiger partial charge on any atom is 0.262 e. The summed E-state index contributed by atoms with van der Waals surface area (Å²) in [5.74, 6) is -1.19. The molecule has 2 aromatic carbocycles. The number of carbonyl (C=O) groups excluding carboxylic acids is 1. The number of amides is 1. The van der Waals surface area contributed by atoms with Crippen LogP contribution in [0.1, 0.15) is 27.2 Å². The van der Waals surface area contributed by atoms with E-state index in [4.69, 9.17) is 4.84 Å². The summed E-state index contributed by atoms with van der Waals surface area (Å²) < 4.78 is 15.3. The molecule has 1 heterocycles. The highest BCUT2D eigenvalue weighted by Crippen LogP contribution is 2.30. The normalized spacial score (nSPS) is 11.0. The summed E-state index contributed by atoms with van der Waals surface area (Å²) in [4.78, 5) is 17.4. The predicted octanol–water partition coefficient (Wildman–Crippen LogP) is 4.08. The van der Waals surface area contributed by atoms with Gasteiger partial charge in [0.2, 0.25) is 5.95 Å². The zero-order valence-corrected chi connectivity index (χ0v) is 16.2. The van der Waals surface area contributed by atoms with Gasteiger partial charge in [-0.05, 0) is 36.6 Å². The quantitative estimate of drug-likeness (QED) is 0.536. The van der Waals surface area contributed by atoms with Gasteiger partial charge in [0.05, 0.1) is 11.9 Å². The summed E-state index contributed by atoms with van der Waals surface area (Å²) >= 11 is 0. The summed E-state index contributed by atoms with van der Waals surface area (Å²) in [5.41, 5.74) is 4.57. The lowest BCUT2D eigenvalue weighted by Gasteiger charge is -2.12. The van der Waals surface area contributed by atoms with E-state index in [-0.39, 0.29) is 5.56 Å². The third kappa shape index (κ3) is 3.78. The van der Waals surface area contributed by atoms with Crippen LogP contribution in [-0.2, 0) is 11.9 Å². The van der Waals surface area contributed by atoms with Gasteiger partial charge in [-0.2, -0.15) is 9.49 Å². The standard InChI is InChI=1S/C21H21FN4O2/c1-13-11-15(9-10-16(13)12-23-28-4)17-7-5-6-8-18(17)24-21(27)19-14(2)25-26(3)20(19)22/h5-12H,1-4H3,(H,24,27). The summed E-state index contributed by atoms with van der Waals surface area (Å²) in [6.07, 6.45) is 1.64. The Morgan fingerprint density at radius 1 is 1.25 bits per heavy atom. The van der Waals surface area contributed by atoms with Crippen molar-refractivity contribution in [1.82, 2.24) is 9.78 Å². The van der Waals surface area contributed by atoms with Gasteiger partial charge in [0.15, 0.2) is 0 Å². The Kier molecular flexibility index (Phi) is 5.54. The van der Waals surface area contributed by atoms with Crippen LogP contribution in [0.25, 0.3) is 11.1 Å². The highest BCUT2D eigenvalue weighted by atomic mass is 19.1. The molecule has 1 aromatic heterocycles. The number of oxime groups is 1. The minimum absolute atomic E-state index is 0.0559. The van der Waals surface area contributed by atoms with Gasteiger partial charge in [0.1, 0.15) is 12.7 Å². The third-order valence-corrected chi connectivity index (χ3v) is 4.43. The second-order valence-electron chi connectivity index (χ2n) is 6.36. The van der Waals surface area contributed by atoms with E-state index >= 15 is 0 Å². The number of benzene rings is 2. The fourth-order valence-corrected chi connectivity index (χ4v) is 3.01. The third-order valence-electron chi connectivity index (χ3n) is 4.43. The average molecular weight is 380 g/mol. The van der Waals surface area contributed by atoms with Gasteiger partial charge in [-0.3, -0.25) is 4.79 Å². The molecule has 0 saturated heterocycles. The molecule has 0 bridgehead atoms. The molecule has 0 aliphatic rings. The van der Waals surface area contributed by atoms with Gasteiger partial charge in [-0.1, -0.05) is 41.6 Å². The van der Waals surface area contributed by atoms with Crippen molar-refractivity contribution in [2.75, 3.05) is 12.4 Å². The monoisotopic (exact) mass is 380 g/mol. The van der Waals surface area contributed by atoms with Gasteiger partial charge in [-0.15, -0.1) is 0 Å². The molecule has 0 aliphatic heterocycles. The number of rotatable bonds is 5. The van der Waals surface area contributed by atoms with E-state index < -0.39 is 11.9 Å². The Morgan fingerprint density at radius 3 is 2.64 bits per heavy atom. The van der Waals surface area contributed by atoms with Crippen molar-refractivity contribution in [2.24, 2.45) is 12.2 Å². The lowest BCUT2D eigenvalue weighted by Crippen LogP contribution is -2.15. The van der Waals surface area contributed by atoms with E-state index in [9.17, 15) is 9.18 Å². The first kappa shape index (κ1) is 19.3. The minimum Gasteiger partial charge on any atom is -0.399 e. The smallest absolute Gasteiger partial charge is 0.262 e. The van der Waals surface area contributed by atoms with Crippen LogP contribution < -0.4 is 5.32 Å². The molecular weight excluding hydrogens is 359 g/mol. The van der Waals surface area contributed by atoms with Gasteiger partial charge in [0.25, 0.3) is 5.91 Å². The van der Waals surface area contributed by atoms with Gasteiger partial charge < -0.3 is 10.2 Å². The van der Waals surface area contributed by atoms with Crippen molar-refractivity contribution in [2.45, 2.75) is 13.8 Å². The van der Waals surface area contributed by atoms with Crippen molar-refractivity contribution >= 4 is 17.8 Å². The zero-order chi connectivity index (χ0) is 20.3. The molecule has 3 rings (SSSR count). The molecule has 3 aromatic rings. The topological polar surface area (TPSA) is 68.5 Å². The number of para-hydroxylation sites is 1. The van der Waals surface area contributed by atoms with Crippen LogP contribution in [0.15, 0.2) is 47.6 Å². The molecule has 7 heteroatoms. The molecule has 0 saturated carbocycles. The van der Waals surface area contributed by atoms with Crippen molar-refractivity contribution < 1.29 is 14.0 Å². The molecule has 0 fully saturated rings. The van der Waals surface area contributed by atoms with Crippen LogP contribution in [0, 0.1) is 19.8 Å². The Morgan fingerprint density at radius 2 is 2.00 bits per heavy atom. The molecule has 0 atom stereocenters. The van der Waals surface area contributed by atoms with Crippen molar-refractivity contribution in [3.05, 3.63) is 70.8 Å². The van der Waals surface area contributed by atoms with Crippen LogP contribution in [0.2, 0.25) is 0 Å². The average Bonchev–Trinajstić information content (AvgIpc) is 2.93. The highest BCUT2D eigenvalue weighted by molar-refractivity contribution is 6.07. The number of halogens is 1. The molecule has 6 nitrogen and oxygen atoms in total. The van der Waals surface area contributed by atoms with Crippen molar-refractivity contribution in [1.29, 1.82) is 0 Å². The number of nitrogens with zero attached hydrogens (tertiary/aromatic N) is 3. The van der Waals surface area contributed by atoms with Crippen LogP contribution >= 0.6 is 0 Å². The molecule has 0 spiro atoms. The summed E-state index contributed by atoms with van der Waals surface area (Å²) in [6.45, 7) is 3.57. The van der Waals surface area contributed by atoms with E-state index in [2.05, 4.69) is 15.6 Å². The van der Waals surface area contributed by atoms with Gasteiger partial charge >= 0.3 is 0 Å². The Bertz CT molecular complexity index is 1060. The Labute approximate surface area is 162 Å². The van der Waals surface area contributed by atoms with E-state index in [1.54, 1.807) is 19.2 Å². The second kappa shape index (κ2) is 8.04. The maximum absolute atomic E-state index is 14.2. The van der Waals surface area contributed by atoms with Crippen LogP contribution in [-0.4, -0.2) is 29.0 Å². The fraction of sp³-hybridized carbons (Fsp3) is 0.190. The second-order valence-corrected chi connectivity index (χ2v) is 6.36. The Hall–Kier alpha value is -3.48. The molecule has 0 aliphatic carbocycles. The summed E-state index contributed by atoms with van der Waals surface area (Å²) in [5, 5.41) is 10.6. The maximum atomic E-state index is 14.2. The molecule has 28 heavy (non-hydrogen) atoms. The highest BCUT2D eigenvalue weighted by Gasteiger charge is 2.21.